The van der Waals surface area contributed by atoms with E-state index in [4.69, 9.17) is 11.6 Å². The second-order valence-corrected chi connectivity index (χ2v) is 4.93. The minimum atomic E-state index is -0.802. The maximum atomic E-state index is 13.6. The third-order valence-electron chi connectivity index (χ3n) is 3.30. The van der Waals surface area contributed by atoms with Crippen molar-refractivity contribution in [3.8, 4) is 0 Å². The summed E-state index contributed by atoms with van der Waals surface area (Å²) in [5.74, 6) is -1.64. The number of nitrogens with one attached hydrogen (secondary N) is 1. The van der Waals surface area contributed by atoms with Gasteiger partial charge in [0.05, 0.1) is 5.02 Å². The number of rotatable bonds is 3. The van der Waals surface area contributed by atoms with E-state index in [9.17, 15) is 13.6 Å². The molecule has 0 unspecified atom stereocenters. The Bertz CT molecular complexity index is 459. The molecule has 1 aromatic carbocycles. The molecule has 1 fully saturated rings. The maximum absolute atomic E-state index is 13.6. The van der Waals surface area contributed by atoms with Crippen molar-refractivity contribution in [2.45, 2.75) is 32.2 Å². The first kappa shape index (κ1) is 13.3. The summed E-state index contributed by atoms with van der Waals surface area (Å²) in [6.45, 7) is -0.159. The van der Waals surface area contributed by atoms with Crippen LogP contribution in [0.25, 0.3) is 0 Å². The molecule has 2 nitrogen and oxygen atoms in total. The summed E-state index contributed by atoms with van der Waals surface area (Å²) in [7, 11) is 0. The van der Waals surface area contributed by atoms with Crippen LogP contribution in [0.3, 0.4) is 0 Å². The SMILES string of the molecule is O=C(NCc1c(F)ccc(Cl)c1F)C1CCCC1. The smallest absolute Gasteiger partial charge is 0.223 e. The fourth-order valence-electron chi connectivity index (χ4n) is 2.24. The molecule has 5 heteroatoms. The van der Waals surface area contributed by atoms with Crippen molar-refractivity contribution >= 4 is 17.5 Å². The van der Waals surface area contributed by atoms with Crippen molar-refractivity contribution in [3.05, 3.63) is 34.4 Å². The number of carbonyl (C=O) groups is 1. The molecule has 0 aliphatic heterocycles. The average molecular weight is 274 g/mol. The van der Waals surface area contributed by atoms with E-state index < -0.39 is 11.6 Å². The summed E-state index contributed by atoms with van der Waals surface area (Å²) in [4.78, 5) is 11.7. The number of carbonyl (C=O) groups excluding carboxylic acids is 1. The Hall–Kier alpha value is -1.16. The van der Waals surface area contributed by atoms with Gasteiger partial charge in [-0.05, 0) is 25.0 Å². The molecule has 0 radical (unpaired) electrons. The van der Waals surface area contributed by atoms with Gasteiger partial charge in [-0.1, -0.05) is 24.4 Å². The second-order valence-electron chi connectivity index (χ2n) is 4.52. The highest BCUT2D eigenvalue weighted by Crippen LogP contribution is 2.25. The Morgan fingerprint density at radius 3 is 2.67 bits per heavy atom. The van der Waals surface area contributed by atoms with Gasteiger partial charge in [0.1, 0.15) is 11.6 Å². The zero-order valence-corrected chi connectivity index (χ0v) is 10.6. The molecule has 1 saturated carbocycles. The molecule has 0 saturated heterocycles. The molecule has 18 heavy (non-hydrogen) atoms. The Morgan fingerprint density at radius 2 is 2.00 bits per heavy atom. The lowest BCUT2D eigenvalue weighted by Gasteiger charge is -2.11. The lowest BCUT2D eigenvalue weighted by atomic mass is 10.1. The van der Waals surface area contributed by atoms with E-state index in [2.05, 4.69) is 5.32 Å². The summed E-state index contributed by atoms with van der Waals surface area (Å²) >= 11 is 5.57. The standard InChI is InChI=1S/C13H14ClF2NO/c14-10-5-6-11(15)9(12(10)16)7-17-13(18)8-3-1-2-4-8/h5-6,8H,1-4,7H2,(H,17,18). The van der Waals surface area contributed by atoms with E-state index in [-0.39, 0.29) is 29.0 Å². The Labute approximate surface area is 109 Å². The topological polar surface area (TPSA) is 29.1 Å². The molecule has 1 aliphatic rings. The monoisotopic (exact) mass is 273 g/mol. The van der Waals surface area contributed by atoms with Crippen LogP contribution in [-0.2, 0) is 11.3 Å². The predicted molar refractivity (Wildman–Crippen MR) is 65.2 cm³/mol. The minimum Gasteiger partial charge on any atom is -0.352 e. The van der Waals surface area contributed by atoms with Crippen LogP contribution >= 0.6 is 11.6 Å². The van der Waals surface area contributed by atoms with Gasteiger partial charge in [0.15, 0.2) is 0 Å². The van der Waals surface area contributed by atoms with Crippen molar-refractivity contribution < 1.29 is 13.6 Å². The molecule has 1 aromatic rings. The summed E-state index contributed by atoms with van der Waals surface area (Å²) in [6.07, 6.45) is 3.79. The van der Waals surface area contributed by atoms with Crippen LogP contribution in [0.2, 0.25) is 5.02 Å². The van der Waals surface area contributed by atoms with E-state index in [1.807, 2.05) is 0 Å². The first-order chi connectivity index (χ1) is 8.59. The highest BCUT2D eigenvalue weighted by Gasteiger charge is 2.23. The summed E-state index contributed by atoms with van der Waals surface area (Å²) in [6, 6.07) is 2.26. The van der Waals surface area contributed by atoms with Crippen molar-refractivity contribution in [3.63, 3.8) is 0 Å². The summed E-state index contributed by atoms with van der Waals surface area (Å²) < 4.78 is 27.0. The molecule has 1 N–H and O–H groups in total. The highest BCUT2D eigenvalue weighted by atomic mass is 35.5. The number of halogens is 3. The molecule has 0 bridgehead atoms. The molecule has 0 spiro atoms. The van der Waals surface area contributed by atoms with Crippen LogP contribution in [0.4, 0.5) is 8.78 Å². The van der Waals surface area contributed by atoms with Gasteiger partial charge >= 0.3 is 0 Å². The van der Waals surface area contributed by atoms with Gasteiger partial charge in [-0.3, -0.25) is 4.79 Å². The second kappa shape index (κ2) is 5.65. The maximum Gasteiger partial charge on any atom is 0.223 e. The first-order valence-electron chi connectivity index (χ1n) is 5.99. The van der Waals surface area contributed by atoms with Gasteiger partial charge < -0.3 is 5.32 Å². The Balaban J connectivity index is 2.01. The zero-order valence-electron chi connectivity index (χ0n) is 9.81. The average Bonchev–Trinajstić information content (AvgIpc) is 2.87. The van der Waals surface area contributed by atoms with E-state index in [0.717, 1.165) is 37.8 Å². The molecule has 2 rings (SSSR count). The molecular formula is C13H14ClF2NO. The zero-order chi connectivity index (χ0) is 13.1. The van der Waals surface area contributed by atoms with Gasteiger partial charge in [0, 0.05) is 18.0 Å². The molecular weight excluding hydrogens is 260 g/mol. The summed E-state index contributed by atoms with van der Waals surface area (Å²) in [5.41, 5.74) is -0.186. The third kappa shape index (κ3) is 2.80. The van der Waals surface area contributed by atoms with E-state index in [1.165, 1.54) is 0 Å². The molecule has 1 amide bonds. The van der Waals surface area contributed by atoms with Crippen LogP contribution in [0.1, 0.15) is 31.2 Å². The van der Waals surface area contributed by atoms with Crippen molar-refractivity contribution in [2.75, 3.05) is 0 Å². The van der Waals surface area contributed by atoms with Gasteiger partial charge in [-0.25, -0.2) is 8.78 Å². The third-order valence-corrected chi connectivity index (χ3v) is 3.60. The van der Waals surface area contributed by atoms with E-state index in [1.54, 1.807) is 0 Å². The van der Waals surface area contributed by atoms with Crippen LogP contribution in [0.5, 0.6) is 0 Å². The van der Waals surface area contributed by atoms with E-state index >= 15 is 0 Å². The van der Waals surface area contributed by atoms with Crippen LogP contribution < -0.4 is 5.32 Å². The fourth-order valence-corrected chi connectivity index (χ4v) is 2.42. The Kier molecular flexibility index (Phi) is 4.17. The van der Waals surface area contributed by atoms with Gasteiger partial charge in [-0.15, -0.1) is 0 Å². The highest BCUT2D eigenvalue weighted by molar-refractivity contribution is 6.30. The van der Waals surface area contributed by atoms with Crippen molar-refractivity contribution in [1.82, 2.24) is 5.32 Å². The number of benzene rings is 1. The lowest BCUT2D eigenvalue weighted by Crippen LogP contribution is -2.29. The van der Waals surface area contributed by atoms with E-state index in [0.29, 0.717) is 0 Å². The van der Waals surface area contributed by atoms with Crippen molar-refractivity contribution in [2.24, 2.45) is 5.92 Å². The normalized spacial score (nSPS) is 15.9. The number of hydrogen-bond acceptors (Lipinski definition) is 1. The quantitative estimate of drug-likeness (QED) is 0.840. The van der Waals surface area contributed by atoms with Gasteiger partial charge in [0.25, 0.3) is 0 Å². The first-order valence-corrected chi connectivity index (χ1v) is 6.37. The minimum absolute atomic E-state index is 0.0182. The number of amides is 1. The predicted octanol–water partition coefficient (Wildman–Crippen LogP) is 3.42. The fraction of sp³-hybridized carbons (Fsp3) is 0.462. The van der Waals surface area contributed by atoms with Crippen LogP contribution in [0, 0.1) is 17.6 Å². The van der Waals surface area contributed by atoms with Crippen molar-refractivity contribution in [1.29, 1.82) is 0 Å². The van der Waals surface area contributed by atoms with Crippen LogP contribution in [0.15, 0.2) is 12.1 Å². The molecule has 0 heterocycles. The van der Waals surface area contributed by atoms with Crippen LogP contribution in [-0.4, -0.2) is 5.91 Å². The molecule has 98 valence electrons. The van der Waals surface area contributed by atoms with Gasteiger partial charge in [-0.2, -0.15) is 0 Å². The molecule has 0 atom stereocenters. The molecule has 0 aromatic heterocycles. The number of hydrogen-bond donors (Lipinski definition) is 1. The largest absolute Gasteiger partial charge is 0.352 e. The van der Waals surface area contributed by atoms with Gasteiger partial charge in [0.2, 0.25) is 5.91 Å². The Morgan fingerprint density at radius 1 is 1.33 bits per heavy atom. The summed E-state index contributed by atoms with van der Waals surface area (Å²) in [5, 5.41) is 2.43. The lowest BCUT2D eigenvalue weighted by molar-refractivity contribution is -0.124. The molecule has 1 aliphatic carbocycles.